The maximum Gasteiger partial charge on any atom is 0.488 e. The highest BCUT2D eigenvalue weighted by atomic mass is 79.9. The molecule has 80 valence electrons. The van der Waals surface area contributed by atoms with Crippen LogP contribution in [0, 0.1) is 6.92 Å². The smallest absolute Gasteiger partial charge is 0.465 e. The van der Waals surface area contributed by atoms with Gasteiger partial charge in [0.25, 0.3) is 0 Å². The third-order valence-electron chi connectivity index (χ3n) is 1.98. The Morgan fingerprint density at radius 2 is 2.07 bits per heavy atom. The summed E-state index contributed by atoms with van der Waals surface area (Å²) in [4.78, 5) is 11.3. The number of methoxy groups -OCH3 is 1. The summed E-state index contributed by atoms with van der Waals surface area (Å²) in [6.45, 7) is 1.75. The van der Waals surface area contributed by atoms with Gasteiger partial charge in [-0.3, -0.25) is 0 Å². The number of ether oxygens (including phenoxy) is 1. The van der Waals surface area contributed by atoms with E-state index in [1.165, 1.54) is 13.2 Å². The molecular weight excluding hydrogens is 263 g/mol. The van der Waals surface area contributed by atoms with Crippen LogP contribution in [-0.2, 0) is 4.74 Å². The minimum atomic E-state index is -1.60. The van der Waals surface area contributed by atoms with Crippen LogP contribution in [0.1, 0.15) is 15.9 Å². The fraction of sp³-hybridized carbons (Fsp3) is 0.222. The van der Waals surface area contributed by atoms with Gasteiger partial charge in [0.15, 0.2) is 0 Å². The summed E-state index contributed by atoms with van der Waals surface area (Å²) in [6, 6.07) is 2.97. The van der Waals surface area contributed by atoms with Gasteiger partial charge in [-0.05, 0) is 39.9 Å². The molecule has 0 aromatic heterocycles. The van der Waals surface area contributed by atoms with E-state index in [1.54, 1.807) is 13.0 Å². The van der Waals surface area contributed by atoms with Crippen molar-refractivity contribution >= 4 is 34.5 Å². The van der Waals surface area contributed by atoms with Crippen molar-refractivity contribution in [1.29, 1.82) is 0 Å². The molecule has 1 aromatic rings. The third-order valence-corrected chi connectivity index (χ3v) is 3.03. The second-order valence-electron chi connectivity index (χ2n) is 3.06. The largest absolute Gasteiger partial charge is 0.488 e. The van der Waals surface area contributed by atoms with Crippen LogP contribution >= 0.6 is 15.9 Å². The summed E-state index contributed by atoms with van der Waals surface area (Å²) >= 11 is 3.24. The molecule has 0 saturated carbocycles. The van der Waals surface area contributed by atoms with Crippen molar-refractivity contribution in [3.63, 3.8) is 0 Å². The Bertz CT molecular complexity index is 392. The number of hydrogen-bond donors (Lipinski definition) is 2. The summed E-state index contributed by atoms with van der Waals surface area (Å²) in [6.07, 6.45) is 0. The second-order valence-corrected chi connectivity index (χ2v) is 3.86. The van der Waals surface area contributed by atoms with Crippen molar-refractivity contribution < 1.29 is 19.6 Å². The first kappa shape index (κ1) is 12.2. The highest BCUT2D eigenvalue weighted by molar-refractivity contribution is 9.10. The van der Waals surface area contributed by atoms with E-state index >= 15 is 0 Å². The Balaban J connectivity index is 3.31. The Morgan fingerprint density at radius 1 is 1.47 bits per heavy atom. The lowest BCUT2D eigenvalue weighted by Crippen LogP contribution is -2.31. The number of carbonyl (C=O) groups is 1. The van der Waals surface area contributed by atoms with Crippen molar-refractivity contribution in [3.05, 3.63) is 27.7 Å². The minimum Gasteiger partial charge on any atom is -0.465 e. The first-order valence-corrected chi connectivity index (χ1v) is 5.01. The SMILES string of the molecule is COC(=O)c1cc(B(O)O)cc(C)c1Br. The molecule has 0 radical (unpaired) electrons. The van der Waals surface area contributed by atoms with E-state index < -0.39 is 13.1 Å². The van der Waals surface area contributed by atoms with Gasteiger partial charge in [-0.15, -0.1) is 0 Å². The van der Waals surface area contributed by atoms with Crippen LogP contribution in [0.3, 0.4) is 0 Å². The van der Waals surface area contributed by atoms with Crippen LogP contribution in [0.4, 0.5) is 0 Å². The van der Waals surface area contributed by atoms with Crippen LogP contribution in [0.15, 0.2) is 16.6 Å². The van der Waals surface area contributed by atoms with E-state index in [9.17, 15) is 4.79 Å². The lowest BCUT2D eigenvalue weighted by molar-refractivity contribution is 0.0599. The molecule has 0 saturated heterocycles. The molecule has 1 rings (SSSR count). The molecule has 0 bridgehead atoms. The van der Waals surface area contributed by atoms with Crippen molar-refractivity contribution in [2.45, 2.75) is 6.92 Å². The molecule has 2 N–H and O–H groups in total. The monoisotopic (exact) mass is 272 g/mol. The topological polar surface area (TPSA) is 66.8 Å². The number of aryl methyl sites for hydroxylation is 1. The zero-order valence-electron chi connectivity index (χ0n) is 8.32. The molecule has 0 heterocycles. The van der Waals surface area contributed by atoms with Crippen molar-refractivity contribution in [3.8, 4) is 0 Å². The Kier molecular flexibility index (Phi) is 3.90. The summed E-state index contributed by atoms with van der Waals surface area (Å²) in [5.41, 5.74) is 1.28. The third kappa shape index (κ3) is 2.59. The number of carbonyl (C=O) groups excluding carboxylic acids is 1. The van der Waals surface area contributed by atoms with Gasteiger partial charge in [-0.25, -0.2) is 4.79 Å². The predicted molar refractivity (Wildman–Crippen MR) is 60.0 cm³/mol. The number of benzene rings is 1. The zero-order chi connectivity index (χ0) is 11.6. The molecule has 0 aliphatic heterocycles. The van der Waals surface area contributed by atoms with Crippen LogP contribution in [0.2, 0.25) is 0 Å². The van der Waals surface area contributed by atoms with Crippen molar-refractivity contribution in [2.75, 3.05) is 7.11 Å². The van der Waals surface area contributed by atoms with Gasteiger partial charge >= 0.3 is 13.1 Å². The number of rotatable bonds is 2. The van der Waals surface area contributed by atoms with Gasteiger partial charge in [0.1, 0.15) is 0 Å². The van der Waals surface area contributed by atoms with E-state index in [-0.39, 0.29) is 11.0 Å². The molecule has 6 heteroatoms. The minimum absolute atomic E-state index is 0.260. The molecule has 0 atom stereocenters. The van der Waals surface area contributed by atoms with Crippen molar-refractivity contribution in [1.82, 2.24) is 0 Å². The highest BCUT2D eigenvalue weighted by Gasteiger charge is 2.18. The van der Waals surface area contributed by atoms with Gasteiger partial charge in [0, 0.05) is 4.47 Å². The Hall–Kier alpha value is -0.845. The fourth-order valence-electron chi connectivity index (χ4n) is 1.21. The van der Waals surface area contributed by atoms with Crippen LogP contribution < -0.4 is 5.46 Å². The van der Waals surface area contributed by atoms with Gasteiger partial charge < -0.3 is 14.8 Å². The van der Waals surface area contributed by atoms with Gasteiger partial charge in [0.2, 0.25) is 0 Å². The second kappa shape index (κ2) is 4.78. The first-order valence-electron chi connectivity index (χ1n) is 4.22. The van der Waals surface area contributed by atoms with Gasteiger partial charge in [0.05, 0.1) is 12.7 Å². The standard InChI is InChI=1S/C9H10BBrO4/c1-5-3-6(10(13)14)4-7(8(5)11)9(12)15-2/h3-4,13-14H,1-2H3. The fourth-order valence-corrected chi connectivity index (χ4v) is 1.60. The molecule has 1 aromatic carbocycles. The van der Waals surface area contributed by atoms with E-state index in [0.29, 0.717) is 4.47 Å². The summed E-state index contributed by atoms with van der Waals surface area (Å²) in [7, 11) is -0.327. The number of hydrogen-bond acceptors (Lipinski definition) is 4. The molecule has 15 heavy (non-hydrogen) atoms. The van der Waals surface area contributed by atoms with E-state index in [2.05, 4.69) is 20.7 Å². The Labute approximate surface area is 96.1 Å². The molecule has 4 nitrogen and oxygen atoms in total. The van der Waals surface area contributed by atoms with Crippen molar-refractivity contribution in [2.24, 2.45) is 0 Å². The average molecular weight is 273 g/mol. The van der Waals surface area contributed by atoms with Gasteiger partial charge in [-0.2, -0.15) is 0 Å². The first-order chi connectivity index (χ1) is 6.97. The molecule has 0 aliphatic rings. The molecule has 0 unspecified atom stereocenters. The maximum atomic E-state index is 11.3. The molecule has 0 aliphatic carbocycles. The van der Waals surface area contributed by atoms with Crippen LogP contribution in [-0.4, -0.2) is 30.2 Å². The quantitative estimate of drug-likeness (QED) is 0.597. The molecular formula is C9H10BBrO4. The highest BCUT2D eigenvalue weighted by Crippen LogP contribution is 2.20. The van der Waals surface area contributed by atoms with Crippen LogP contribution in [0.25, 0.3) is 0 Å². The predicted octanol–water partition coefficient (Wildman–Crippen LogP) is 0.224. The summed E-state index contributed by atoms with van der Waals surface area (Å²) in [5.74, 6) is -0.521. The summed E-state index contributed by atoms with van der Waals surface area (Å²) in [5, 5.41) is 18.0. The number of esters is 1. The lowest BCUT2D eigenvalue weighted by atomic mass is 9.79. The average Bonchev–Trinajstić information content (AvgIpc) is 2.20. The Morgan fingerprint density at radius 3 is 2.53 bits per heavy atom. The molecule has 0 spiro atoms. The maximum absolute atomic E-state index is 11.3. The summed E-state index contributed by atoms with van der Waals surface area (Å²) < 4.78 is 5.17. The van der Waals surface area contributed by atoms with E-state index in [0.717, 1.165) is 5.56 Å². The lowest BCUT2D eigenvalue weighted by Gasteiger charge is -2.08. The van der Waals surface area contributed by atoms with Gasteiger partial charge in [-0.1, -0.05) is 6.07 Å². The number of halogens is 1. The van der Waals surface area contributed by atoms with E-state index in [1.807, 2.05) is 0 Å². The zero-order valence-corrected chi connectivity index (χ0v) is 9.91. The normalized spacial score (nSPS) is 9.93. The van der Waals surface area contributed by atoms with E-state index in [4.69, 9.17) is 10.0 Å². The molecule has 0 fully saturated rings. The molecule has 0 amide bonds. The van der Waals surface area contributed by atoms with Crippen LogP contribution in [0.5, 0.6) is 0 Å².